The van der Waals surface area contributed by atoms with E-state index in [0.717, 1.165) is 10.9 Å². The lowest BCUT2D eigenvalue weighted by Crippen LogP contribution is -2.00. The predicted molar refractivity (Wildman–Crippen MR) is 77.9 cm³/mol. The van der Waals surface area contributed by atoms with Gasteiger partial charge in [0, 0.05) is 17.1 Å². The Morgan fingerprint density at radius 1 is 1.36 bits per heavy atom. The summed E-state index contributed by atoms with van der Waals surface area (Å²) >= 11 is 5.98. The number of hydrogen-bond donors (Lipinski definition) is 1. The lowest BCUT2D eigenvalue weighted by Gasteiger charge is -2.09. The van der Waals surface area contributed by atoms with E-state index in [1.807, 2.05) is 22.9 Å². The van der Waals surface area contributed by atoms with Crippen LogP contribution in [0.15, 0.2) is 41.3 Å². The standard InChI is InChI=1S/C14H9ClFN5O/c15-10-5-9-1-3-21(6-8-2-4-22-7-8)13(9)11(12(10)16)14-17-19-20-18-14/h1-5,7H,6H2,(H,17,18,19,20). The molecular weight excluding hydrogens is 309 g/mol. The maximum Gasteiger partial charge on any atom is 0.209 e. The molecule has 110 valence electrons. The van der Waals surface area contributed by atoms with Crippen molar-refractivity contribution in [2.24, 2.45) is 0 Å². The van der Waals surface area contributed by atoms with Gasteiger partial charge >= 0.3 is 0 Å². The largest absolute Gasteiger partial charge is 0.472 e. The highest BCUT2D eigenvalue weighted by Crippen LogP contribution is 2.34. The van der Waals surface area contributed by atoms with Crippen molar-refractivity contribution in [1.82, 2.24) is 25.2 Å². The Morgan fingerprint density at radius 2 is 2.27 bits per heavy atom. The van der Waals surface area contributed by atoms with Gasteiger partial charge in [-0.15, -0.1) is 10.2 Å². The minimum atomic E-state index is -0.567. The smallest absolute Gasteiger partial charge is 0.209 e. The molecule has 3 heterocycles. The molecule has 0 radical (unpaired) electrons. The Labute approximate surface area is 128 Å². The molecule has 8 heteroatoms. The predicted octanol–water partition coefficient (Wildman–Crippen LogP) is 3.26. The van der Waals surface area contributed by atoms with Gasteiger partial charge in [-0.2, -0.15) is 5.21 Å². The molecule has 4 rings (SSSR count). The van der Waals surface area contributed by atoms with Gasteiger partial charge in [0.05, 0.1) is 35.2 Å². The molecule has 0 bridgehead atoms. The van der Waals surface area contributed by atoms with Crippen molar-refractivity contribution in [1.29, 1.82) is 0 Å². The molecule has 4 aromatic rings. The SMILES string of the molecule is Fc1c(Cl)cc2ccn(Cc3ccoc3)c2c1-c1nn[nH]n1. The molecule has 0 saturated heterocycles. The normalized spacial score (nSPS) is 11.4. The zero-order valence-corrected chi connectivity index (χ0v) is 11.9. The van der Waals surface area contributed by atoms with Crippen molar-refractivity contribution in [2.75, 3.05) is 0 Å². The Bertz CT molecular complexity index is 930. The third kappa shape index (κ3) is 1.98. The number of aromatic amines is 1. The van der Waals surface area contributed by atoms with Gasteiger partial charge in [-0.1, -0.05) is 11.6 Å². The second kappa shape index (κ2) is 4.96. The van der Waals surface area contributed by atoms with Crippen LogP contribution in [0.5, 0.6) is 0 Å². The zero-order valence-electron chi connectivity index (χ0n) is 11.1. The minimum Gasteiger partial charge on any atom is -0.472 e. The quantitative estimate of drug-likeness (QED) is 0.629. The molecule has 0 aliphatic rings. The fraction of sp³-hybridized carbons (Fsp3) is 0.0714. The van der Waals surface area contributed by atoms with Crippen LogP contribution in [0.4, 0.5) is 4.39 Å². The van der Waals surface area contributed by atoms with Crippen LogP contribution in [-0.4, -0.2) is 25.2 Å². The van der Waals surface area contributed by atoms with E-state index in [1.54, 1.807) is 18.6 Å². The van der Waals surface area contributed by atoms with Gasteiger partial charge in [0.1, 0.15) is 0 Å². The van der Waals surface area contributed by atoms with Crippen LogP contribution in [0.1, 0.15) is 5.56 Å². The molecule has 22 heavy (non-hydrogen) atoms. The zero-order chi connectivity index (χ0) is 15.1. The molecule has 0 unspecified atom stereocenters. The third-order valence-electron chi connectivity index (χ3n) is 3.44. The van der Waals surface area contributed by atoms with Crippen molar-refractivity contribution in [3.63, 3.8) is 0 Å². The number of furan rings is 1. The van der Waals surface area contributed by atoms with Gasteiger partial charge < -0.3 is 8.98 Å². The monoisotopic (exact) mass is 317 g/mol. The van der Waals surface area contributed by atoms with E-state index in [0.29, 0.717) is 12.1 Å². The Morgan fingerprint density at radius 3 is 3.00 bits per heavy atom. The summed E-state index contributed by atoms with van der Waals surface area (Å²) in [6.07, 6.45) is 5.10. The van der Waals surface area contributed by atoms with E-state index < -0.39 is 5.82 Å². The molecule has 0 aliphatic heterocycles. The molecule has 1 aromatic carbocycles. The highest BCUT2D eigenvalue weighted by atomic mass is 35.5. The number of fused-ring (bicyclic) bond motifs is 1. The van der Waals surface area contributed by atoms with E-state index in [2.05, 4.69) is 20.6 Å². The highest BCUT2D eigenvalue weighted by molar-refractivity contribution is 6.32. The average Bonchev–Trinajstić information content (AvgIpc) is 3.24. The number of halogens is 2. The van der Waals surface area contributed by atoms with Gasteiger partial charge in [-0.25, -0.2) is 4.39 Å². The number of rotatable bonds is 3. The van der Waals surface area contributed by atoms with Gasteiger partial charge in [0.15, 0.2) is 5.82 Å². The number of nitrogens with one attached hydrogen (secondary N) is 1. The highest BCUT2D eigenvalue weighted by Gasteiger charge is 2.20. The first-order chi connectivity index (χ1) is 10.7. The number of tetrazole rings is 1. The second-order valence-electron chi connectivity index (χ2n) is 4.80. The lowest BCUT2D eigenvalue weighted by molar-refractivity contribution is 0.562. The third-order valence-corrected chi connectivity index (χ3v) is 3.72. The first-order valence-corrected chi connectivity index (χ1v) is 6.83. The summed E-state index contributed by atoms with van der Waals surface area (Å²) in [5, 5.41) is 14.4. The van der Waals surface area contributed by atoms with Gasteiger partial charge in [-0.3, -0.25) is 0 Å². The van der Waals surface area contributed by atoms with Crippen LogP contribution in [0.2, 0.25) is 5.02 Å². The van der Waals surface area contributed by atoms with E-state index in [-0.39, 0.29) is 16.4 Å². The van der Waals surface area contributed by atoms with Crippen molar-refractivity contribution < 1.29 is 8.81 Å². The molecule has 0 atom stereocenters. The first-order valence-electron chi connectivity index (χ1n) is 6.46. The minimum absolute atomic E-state index is 0.0216. The van der Waals surface area contributed by atoms with E-state index in [4.69, 9.17) is 16.0 Å². The average molecular weight is 318 g/mol. The van der Waals surface area contributed by atoms with Gasteiger partial charge in [-0.05, 0) is 23.4 Å². The number of benzene rings is 1. The molecule has 0 spiro atoms. The summed E-state index contributed by atoms with van der Waals surface area (Å²) in [6.45, 7) is 0.534. The number of H-pyrrole nitrogens is 1. The van der Waals surface area contributed by atoms with Crippen molar-refractivity contribution >= 4 is 22.5 Å². The summed E-state index contributed by atoms with van der Waals surface area (Å²) in [6, 6.07) is 5.30. The van der Waals surface area contributed by atoms with Crippen LogP contribution in [0, 0.1) is 5.82 Å². The van der Waals surface area contributed by atoms with Crippen LogP contribution >= 0.6 is 11.6 Å². The van der Waals surface area contributed by atoms with E-state index in [1.165, 1.54) is 0 Å². The first kappa shape index (κ1) is 13.0. The summed E-state index contributed by atoms with van der Waals surface area (Å²) in [4.78, 5) is 0. The topological polar surface area (TPSA) is 72.5 Å². The second-order valence-corrected chi connectivity index (χ2v) is 5.20. The Balaban J connectivity index is 1.98. The summed E-state index contributed by atoms with van der Waals surface area (Å²) in [5.74, 6) is -0.403. The van der Waals surface area contributed by atoms with E-state index >= 15 is 0 Å². The van der Waals surface area contributed by atoms with Crippen LogP contribution in [-0.2, 0) is 6.54 Å². The summed E-state index contributed by atoms with van der Waals surface area (Å²) in [7, 11) is 0. The van der Waals surface area contributed by atoms with Crippen LogP contribution in [0.25, 0.3) is 22.3 Å². The Kier molecular flexibility index (Phi) is 2.93. The Hall–Kier alpha value is -2.67. The van der Waals surface area contributed by atoms with Crippen molar-refractivity contribution in [2.45, 2.75) is 6.54 Å². The fourth-order valence-electron chi connectivity index (χ4n) is 2.50. The molecule has 6 nitrogen and oxygen atoms in total. The van der Waals surface area contributed by atoms with Crippen molar-refractivity contribution in [3.8, 4) is 11.4 Å². The molecule has 1 N–H and O–H groups in total. The number of aromatic nitrogens is 5. The summed E-state index contributed by atoms with van der Waals surface area (Å²) in [5.41, 5.74) is 1.85. The maximum atomic E-state index is 14.5. The van der Waals surface area contributed by atoms with Crippen molar-refractivity contribution in [3.05, 3.63) is 53.3 Å². The maximum absolute atomic E-state index is 14.5. The fourth-order valence-corrected chi connectivity index (χ4v) is 2.71. The molecule has 0 saturated carbocycles. The molecular formula is C14H9ClFN5O. The number of hydrogen-bond acceptors (Lipinski definition) is 4. The van der Waals surface area contributed by atoms with E-state index in [9.17, 15) is 4.39 Å². The summed E-state index contributed by atoms with van der Waals surface area (Å²) < 4.78 is 21.5. The molecule has 0 fully saturated rings. The molecule has 3 aromatic heterocycles. The lowest BCUT2D eigenvalue weighted by atomic mass is 10.1. The number of nitrogens with zero attached hydrogens (tertiary/aromatic N) is 4. The molecule has 0 aliphatic carbocycles. The van der Waals surface area contributed by atoms with Crippen LogP contribution < -0.4 is 0 Å². The van der Waals surface area contributed by atoms with Gasteiger partial charge in [0.25, 0.3) is 0 Å². The van der Waals surface area contributed by atoms with Gasteiger partial charge in [0.2, 0.25) is 5.82 Å². The van der Waals surface area contributed by atoms with Crippen LogP contribution in [0.3, 0.4) is 0 Å². The molecule has 0 amide bonds.